The molecule has 0 amide bonds. The summed E-state index contributed by atoms with van der Waals surface area (Å²) in [6, 6.07) is 10.7. The largest absolute Gasteiger partial charge is 0.504 e. The van der Waals surface area contributed by atoms with Crippen LogP contribution in [0.4, 0.5) is 4.39 Å². The lowest BCUT2D eigenvalue weighted by Crippen LogP contribution is -2.10. The molecule has 126 valence electrons. The molecule has 24 heavy (non-hydrogen) atoms. The predicted octanol–water partition coefficient (Wildman–Crippen LogP) is 3.18. The molecule has 6 heteroatoms. The Bertz CT molecular complexity index is 727. The standard InChI is InChI=1S/C18H17FO5/c1-22-17-12-13(6-8-15(17)20)7-9-18(21)24-11-10-23-16-5-3-2-4-14(16)19/h2-9,12,20H,10-11H2,1H3. The number of esters is 1. The van der Waals surface area contributed by atoms with Crippen molar-refractivity contribution in [3.63, 3.8) is 0 Å². The summed E-state index contributed by atoms with van der Waals surface area (Å²) in [7, 11) is 1.44. The molecular formula is C18H17FO5. The number of methoxy groups -OCH3 is 1. The van der Waals surface area contributed by atoms with E-state index >= 15 is 0 Å². The Morgan fingerprint density at radius 1 is 1.17 bits per heavy atom. The van der Waals surface area contributed by atoms with Gasteiger partial charge in [0.05, 0.1) is 7.11 Å². The van der Waals surface area contributed by atoms with Crippen molar-refractivity contribution in [3.05, 3.63) is 59.9 Å². The van der Waals surface area contributed by atoms with Crippen LogP contribution in [0.5, 0.6) is 17.2 Å². The van der Waals surface area contributed by atoms with Crippen molar-refractivity contribution in [2.75, 3.05) is 20.3 Å². The molecule has 0 bridgehead atoms. The summed E-state index contributed by atoms with van der Waals surface area (Å²) in [5, 5.41) is 9.49. The maximum atomic E-state index is 13.3. The van der Waals surface area contributed by atoms with Gasteiger partial charge in [0, 0.05) is 6.08 Å². The lowest BCUT2D eigenvalue weighted by molar-refractivity contribution is -0.138. The Labute approximate surface area is 138 Å². The Balaban J connectivity index is 1.78. The maximum absolute atomic E-state index is 13.3. The third-order valence-electron chi connectivity index (χ3n) is 3.04. The molecule has 2 aromatic carbocycles. The molecule has 0 aliphatic heterocycles. The third kappa shape index (κ3) is 5.01. The molecular weight excluding hydrogens is 315 g/mol. The van der Waals surface area contributed by atoms with Gasteiger partial charge in [-0.15, -0.1) is 0 Å². The van der Waals surface area contributed by atoms with Gasteiger partial charge in [0.25, 0.3) is 0 Å². The van der Waals surface area contributed by atoms with Crippen molar-refractivity contribution in [3.8, 4) is 17.2 Å². The molecule has 0 unspecified atom stereocenters. The van der Waals surface area contributed by atoms with E-state index in [4.69, 9.17) is 14.2 Å². The summed E-state index contributed by atoms with van der Waals surface area (Å²) in [5.41, 5.74) is 0.671. The van der Waals surface area contributed by atoms with E-state index in [9.17, 15) is 14.3 Å². The minimum absolute atomic E-state index is 0.00356. The van der Waals surface area contributed by atoms with Gasteiger partial charge in [0.15, 0.2) is 23.1 Å². The highest BCUT2D eigenvalue weighted by Crippen LogP contribution is 2.26. The zero-order valence-corrected chi connectivity index (χ0v) is 13.1. The van der Waals surface area contributed by atoms with Gasteiger partial charge in [-0.1, -0.05) is 18.2 Å². The van der Waals surface area contributed by atoms with Crippen molar-refractivity contribution in [2.45, 2.75) is 0 Å². The summed E-state index contributed by atoms with van der Waals surface area (Å²) in [6.45, 7) is 0.0456. The Morgan fingerprint density at radius 3 is 2.71 bits per heavy atom. The number of halogens is 1. The molecule has 0 saturated heterocycles. The van der Waals surface area contributed by atoms with E-state index in [2.05, 4.69) is 0 Å². The van der Waals surface area contributed by atoms with E-state index in [1.54, 1.807) is 24.3 Å². The van der Waals surface area contributed by atoms with Crippen molar-refractivity contribution in [2.24, 2.45) is 0 Å². The number of hydrogen-bond acceptors (Lipinski definition) is 5. The summed E-state index contributed by atoms with van der Waals surface area (Å²) in [5.74, 6) is -0.587. The number of para-hydroxylation sites is 1. The molecule has 0 saturated carbocycles. The first kappa shape index (κ1) is 17.3. The highest BCUT2D eigenvalue weighted by atomic mass is 19.1. The van der Waals surface area contributed by atoms with Crippen LogP contribution in [-0.2, 0) is 9.53 Å². The van der Waals surface area contributed by atoms with Crippen molar-refractivity contribution in [1.82, 2.24) is 0 Å². The molecule has 0 aliphatic carbocycles. The first-order valence-electron chi connectivity index (χ1n) is 7.19. The molecule has 0 spiro atoms. The van der Waals surface area contributed by atoms with Crippen LogP contribution in [0.3, 0.4) is 0 Å². The number of aromatic hydroxyl groups is 1. The van der Waals surface area contributed by atoms with Crippen LogP contribution in [0.2, 0.25) is 0 Å². The van der Waals surface area contributed by atoms with Gasteiger partial charge in [-0.2, -0.15) is 0 Å². The van der Waals surface area contributed by atoms with Gasteiger partial charge in [0.1, 0.15) is 13.2 Å². The van der Waals surface area contributed by atoms with Gasteiger partial charge in [0.2, 0.25) is 0 Å². The fourth-order valence-corrected chi connectivity index (χ4v) is 1.87. The second-order valence-corrected chi connectivity index (χ2v) is 4.71. The smallest absolute Gasteiger partial charge is 0.330 e. The highest BCUT2D eigenvalue weighted by Gasteiger charge is 2.03. The number of rotatable bonds is 7. The number of phenolic OH excluding ortho intramolecular Hbond substituents is 1. The van der Waals surface area contributed by atoms with Gasteiger partial charge in [-0.05, 0) is 35.9 Å². The van der Waals surface area contributed by atoms with Gasteiger partial charge < -0.3 is 19.3 Å². The van der Waals surface area contributed by atoms with Crippen LogP contribution in [0.1, 0.15) is 5.56 Å². The first-order chi connectivity index (χ1) is 11.6. The number of benzene rings is 2. The summed E-state index contributed by atoms with van der Waals surface area (Å²) < 4.78 is 28.4. The predicted molar refractivity (Wildman–Crippen MR) is 86.5 cm³/mol. The third-order valence-corrected chi connectivity index (χ3v) is 3.04. The molecule has 0 heterocycles. The summed E-state index contributed by atoms with van der Waals surface area (Å²) in [6.07, 6.45) is 2.77. The number of hydrogen-bond donors (Lipinski definition) is 1. The second kappa shape index (κ2) is 8.57. The average molecular weight is 332 g/mol. The van der Waals surface area contributed by atoms with Gasteiger partial charge in [-0.25, -0.2) is 9.18 Å². The summed E-state index contributed by atoms with van der Waals surface area (Å²) >= 11 is 0. The molecule has 0 atom stereocenters. The van der Waals surface area contributed by atoms with Crippen LogP contribution in [0.15, 0.2) is 48.5 Å². The quantitative estimate of drug-likeness (QED) is 0.479. The Kier molecular flexibility index (Phi) is 6.19. The molecule has 0 aliphatic rings. The zero-order valence-electron chi connectivity index (χ0n) is 13.1. The van der Waals surface area contributed by atoms with Crippen molar-refractivity contribution >= 4 is 12.0 Å². The van der Waals surface area contributed by atoms with E-state index in [1.165, 1.54) is 37.5 Å². The number of carbonyl (C=O) groups is 1. The van der Waals surface area contributed by atoms with Crippen LogP contribution >= 0.6 is 0 Å². The fraction of sp³-hybridized carbons (Fsp3) is 0.167. The lowest BCUT2D eigenvalue weighted by Gasteiger charge is -2.07. The number of ether oxygens (including phenoxy) is 3. The van der Waals surface area contributed by atoms with Crippen LogP contribution in [0.25, 0.3) is 6.08 Å². The van der Waals surface area contributed by atoms with Gasteiger partial charge >= 0.3 is 5.97 Å². The molecule has 5 nitrogen and oxygen atoms in total. The lowest BCUT2D eigenvalue weighted by atomic mass is 10.2. The second-order valence-electron chi connectivity index (χ2n) is 4.71. The Hall–Kier alpha value is -3.02. The first-order valence-corrected chi connectivity index (χ1v) is 7.19. The van der Waals surface area contributed by atoms with Crippen LogP contribution in [-0.4, -0.2) is 31.4 Å². The SMILES string of the molecule is COc1cc(C=CC(=O)OCCOc2ccccc2F)ccc1O. The van der Waals surface area contributed by atoms with Crippen LogP contribution < -0.4 is 9.47 Å². The maximum Gasteiger partial charge on any atom is 0.330 e. The number of carbonyl (C=O) groups excluding carboxylic acids is 1. The number of phenols is 1. The monoisotopic (exact) mass is 332 g/mol. The highest BCUT2D eigenvalue weighted by molar-refractivity contribution is 5.87. The molecule has 2 rings (SSSR count). The molecule has 0 aromatic heterocycles. The average Bonchev–Trinajstić information content (AvgIpc) is 2.59. The van der Waals surface area contributed by atoms with Crippen molar-refractivity contribution in [1.29, 1.82) is 0 Å². The normalized spacial score (nSPS) is 10.6. The Morgan fingerprint density at radius 2 is 1.96 bits per heavy atom. The van der Waals surface area contributed by atoms with E-state index < -0.39 is 11.8 Å². The van der Waals surface area contributed by atoms with E-state index in [0.717, 1.165) is 0 Å². The van der Waals surface area contributed by atoms with E-state index in [1.807, 2.05) is 0 Å². The molecule has 1 N–H and O–H groups in total. The summed E-state index contributed by atoms with van der Waals surface area (Å²) in [4.78, 5) is 11.6. The van der Waals surface area contributed by atoms with Crippen LogP contribution in [0, 0.1) is 5.82 Å². The van der Waals surface area contributed by atoms with Crippen molar-refractivity contribution < 1.29 is 28.5 Å². The van der Waals surface area contributed by atoms with E-state index in [-0.39, 0.29) is 24.7 Å². The molecule has 0 fully saturated rings. The minimum Gasteiger partial charge on any atom is -0.504 e. The van der Waals surface area contributed by atoms with E-state index in [0.29, 0.717) is 11.3 Å². The molecule has 2 aromatic rings. The minimum atomic E-state index is -0.556. The zero-order chi connectivity index (χ0) is 17.4. The topological polar surface area (TPSA) is 65.0 Å². The fourth-order valence-electron chi connectivity index (χ4n) is 1.87. The molecule has 0 radical (unpaired) electrons. The van der Waals surface area contributed by atoms with Gasteiger partial charge in [-0.3, -0.25) is 0 Å².